The second-order valence-electron chi connectivity index (χ2n) is 6.50. The number of hydrogen-bond donors (Lipinski definition) is 1. The van der Waals surface area contributed by atoms with E-state index in [1.807, 2.05) is 6.92 Å². The Morgan fingerprint density at radius 2 is 2.23 bits per heavy atom. The number of rotatable bonds is 3. The van der Waals surface area contributed by atoms with Gasteiger partial charge in [-0.15, -0.1) is 11.6 Å². The van der Waals surface area contributed by atoms with Gasteiger partial charge in [0.05, 0.1) is 11.1 Å². The molecule has 118 valence electrons. The van der Waals surface area contributed by atoms with Crippen molar-refractivity contribution in [2.24, 2.45) is 5.41 Å². The second kappa shape index (κ2) is 5.38. The minimum absolute atomic E-state index is 0.105. The lowest BCUT2D eigenvalue weighted by Crippen LogP contribution is -2.27. The van der Waals surface area contributed by atoms with Gasteiger partial charge in [-0.25, -0.2) is 4.39 Å². The van der Waals surface area contributed by atoms with Gasteiger partial charge in [0, 0.05) is 11.8 Å². The van der Waals surface area contributed by atoms with Crippen LogP contribution in [-0.4, -0.2) is 5.78 Å². The first-order valence-electron chi connectivity index (χ1n) is 7.90. The molecule has 2 unspecified atom stereocenters. The molecule has 0 aliphatic heterocycles. The van der Waals surface area contributed by atoms with Crippen LogP contribution in [0.1, 0.15) is 61.1 Å². The largest absolute Gasteiger partial charge is 0.396 e. The van der Waals surface area contributed by atoms with E-state index in [2.05, 4.69) is 6.92 Å². The van der Waals surface area contributed by atoms with Gasteiger partial charge in [0.2, 0.25) is 0 Å². The van der Waals surface area contributed by atoms with Crippen molar-refractivity contribution in [2.45, 2.75) is 51.3 Å². The summed E-state index contributed by atoms with van der Waals surface area (Å²) in [4.78, 5) is 11.9. The molecule has 0 bridgehead atoms. The molecule has 0 radical (unpaired) electrons. The zero-order chi connectivity index (χ0) is 16.1. The van der Waals surface area contributed by atoms with E-state index in [1.54, 1.807) is 6.08 Å². The molecule has 4 heteroatoms. The van der Waals surface area contributed by atoms with Gasteiger partial charge in [-0.05, 0) is 54.2 Å². The number of nitrogen functional groups attached to an aromatic ring is 1. The molecule has 2 nitrogen and oxygen atoms in total. The number of halogens is 2. The lowest BCUT2D eigenvalue weighted by molar-refractivity contribution is -0.115. The fraction of sp³-hybridized carbons (Fsp3) is 0.500. The van der Waals surface area contributed by atoms with E-state index in [0.717, 1.165) is 42.4 Å². The van der Waals surface area contributed by atoms with Crippen LogP contribution in [0.5, 0.6) is 0 Å². The quantitative estimate of drug-likeness (QED) is 0.633. The predicted molar refractivity (Wildman–Crippen MR) is 88.3 cm³/mol. The molecule has 1 aromatic carbocycles. The molecular formula is C18H21ClFNO. The van der Waals surface area contributed by atoms with Crippen molar-refractivity contribution >= 4 is 28.6 Å². The van der Waals surface area contributed by atoms with Crippen LogP contribution >= 0.6 is 11.6 Å². The number of anilines is 1. The maximum absolute atomic E-state index is 14.1. The van der Waals surface area contributed by atoms with Gasteiger partial charge in [-0.2, -0.15) is 0 Å². The number of unbranched alkanes of at least 4 members (excludes halogenated alkanes) is 1. The summed E-state index contributed by atoms with van der Waals surface area (Å²) in [6.45, 7) is 3.96. The molecule has 2 aliphatic carbocycles. The topological polar surface area (TPSA) is 43.1 Å². The van der Waals surface area contributed by atoms with Crippen LogP contribution in [0.3, 0.4) is 0 Å². The SMILES string of the molecule is CCCCC12CCC(=O)C=C1c1cc(F)c(N)c(C)c1C2Cl. The van der Waals surface area contributed by atoms with Crippen LogP contribution in [-0.2, 0) is 4.79 Å². The molecule has 2 N–H and O–H groups in total. The highest BCUT2D eigenvalue weighted by atomic mass is 35.5. The van der Waals surface area contributed by atoms with E-state index in [9.17, 15) is 9.18 Å². The third-order valence-corrected chi connectivity index (χ3v) is 5.93. The Labute approximate surface area is 135 Å². The molecule has 0 heterocycles. The lowest BCUT2D eigenvalue weighted by atomic mass is 9.69. The summed E-state index contributed by atoms with van der Waals surface area (Å²) in [7, 11) is 0. The van der Waals surface area contributed by atoms with Crippen LogP contribution in [0.2, 0.25) is 0 Å². The van der Waals surface area contributed by atoms with E-state index in [1.165, 1.54) is 6.07 Å². The molecule has 0 fully saturated rings. The summed E-state index contributed by atoms with van der Waals surface area (Å²) >= 11 is 6.86. The number of alkyl halides is 1. The normalized spacial score (nSPS) is 26.6. The van der Waals surface area contributed by atoms with E-state index in [4.69, 9.17) is 17.3 Å². The third kappa shape index (κ3) is 2.02. The monoisotopic (exact) mass is 321 g/mol. The molecule has 22 heavy (non-hydrogen) atoms. The molecular weight excluding hydrogens is 301 g/mol. The number of hydrogen-bond acceptors (Lipinski definition) is 2. The van der Waals surface area contributed by atoms with Gasteiger partial charge >= 0.3 is 0 Å². The molecule has 2 atom stereocenters. The van der Waals surface area contributed by atoms with Gasteiger partial charge < -0.3 is 5.73 Å². The summed E-state index contributed by atoms with van der Waals surface area (Å²) in [6.07, 6.45) is 5.98. The van der Waals surface area contributed by atoms with Crippen molar-refractivity contribution in [3.8, 4) is 0 Å². The first kappa shape index (κ1) is 15.5. The standard InChI is InChI=1S/C18H21ClFNO/c1-3-4-6-18-7-5-11(22)8-13(18)12-9-14(20)16(21)10(2)15(12)17(18)19/h8-9,17H,3-7,21H2,1-2H3. The molecule has 0 saturated carbocycles. The van der Waals surface area contributed by atoms with Gasteiger partial charge in [-0.3, -0.25) is 4.79 Å². The average Bonchev–Trinajstić information content (AvgIpc) is 2.73. The number of fused-ring (bicyclic) bond motifs is 3. The van der Waals surface area contributed by atoms with Gasteiger partial charge in [-0.1, -0.05) is 19.8 Å². The summed E-state index contributed by atoms with van der Waals surface area (Å²) in [5.41, 5.74) is 9.11. The van der Waals surface area contributed by atoms with Crippen molar-refractivity contribution in [2.75, 3.05) is 5.73 Å². The van der Waals surface area contributed by atoms with E-state index >= 15 is 0 Å². The number of benzene rings is 1. The van der Waals surface area contributed by atoms with Gasteiger partial charge in [0.15, 0.2) is 5.78 Å². The first-order valence-corrected chi connectivity index (χ1v) is 8.34. The first-order chi connectivity index (χ1) is 10.4. The molecule has 1 aromatic rings. The Bertz CT molecular complexity index is 682. The second-order valence-corrected chi connectivity index (χ2v) is 6.94. The highest BCUT2D eigenvalue weighted by Crippen LogP contribution is 2.64. The molecule has 0 spiro atoms. The third-order valence-electron chi connectivity index (χ3n) is 5.29. The minimum atomic E-state index is -0.426. The number of allylic oxidation sites excluding steroid dienone is 2. The maximum atomic E-state index is 14.1. The van der Waals surface area contributed by atoms with E-state index in [-0.39, 0.29) is 22.3 Å². The molecule has 3 rings (SSSR count). The summed E-state index contributed by atoms with van der Waals surface area (Å²) in [6, 6.07) is 1.46. The van der Waals surface area contributed by atoms with Crippen molar-refractivity contribution in [1.29, 1.82) is 0 Å². The smallest absolute Gasteiger partial charge is 0.156 e. The fourth-order valence-corrected chi connectivity index (χ4v) is 4.60. The lowest BCUT2D eigenvalue weighted by Gasteiger charge is -2.37. The van der Waals surface area contributed by atoms with Crippen molar-refractivity contribution < 1.29 is 9.18 Å². The predicted octanol–water partition coefficient (Wildman–Crippen LogP) is 4.93. The van der Waals surface area contributed by atoms with Crippen molar-refractivity contribution in [3.63, 3.8) is 0 Å². The van der Waals surface area contributed by atoms with E-state index < -0.39 is 5.82 Å². The molecule has 0 saturated heterocycles. The van der Waals surface area contributed by atoms with Crippen LogP contribution in [0.15, 0.2) is 12.1 Å². The Hall–Kier alpha value is -1.35. The molecule has 0 amide bonds. The summed E-state index contributed by atoms with van der Waals surface area (Å²) in [5, 5.41) is -0.240. The Morgan fingerprint density at radius 1 is 1.50 bits per heavy atom. The Morgan fingerprint density at radius 3 is 2.91 bits per heavy atom. The summed E-state index contributed by atoms with van der Waals surface area (Å²) < 4.78 is 14.1. The van der Waals surface area contributed by atoms with Crippen molar-refractivity contribution in [1.82, 2.24) is 0 Å². The highest BCUT2D eigenvalue weighted by molar-refractivity contribution is 6.24. The van der Waals surface area contributed by atoms with Crippen LogP contribution < -0.4 is 5.73 Å². The number of ketones is 1. The van der Waals surface area contributed by atoms with E-state index in [0.29, 0.717) is 12.0 Å². The number of nitrogens with two attached hydrogens (primary N) is 1. The van der Waals surface area contributed by atoms with Gasteiger partial charge in [0.25, 0.3) is 0 Å². The number of carbonyl (C=O) groups is 1. The highest BCUT2D eigenvalue weighted by Gasteiger charge is 2.51. The molecule has 0 aromatic heterocycles. The van der Waals surface area contributed by atoms with Crippen LogP contribution in [0.25, 0.3) is 5.57 Å². The Kier molecular flexibility index (Phi) is 3.80. The average molecular weight is 322 g/mol. The van der Waals surface area contributed by atoms with Crippen LogP contribution in [0.4, 0.5) is 10.1 Å². The fourth-order valence-electron chi connectivity index (χ4n) is 3.98. The minimum Gasteiger partial charge on any atom is -0.396 e. The number of carbonyl (C=O) groups excluding carboxylic acids is 1. The zero-order valence-electron chi connectivity index (χ0n) is 13.0. The van der Waals surface area contributed by atoms with Gasteiger partial charge in [0.1, 0.15) is 5.82 Å². The van der Waals surface area contributed by atoms with Crippen LogP contribution in [0, 0.1) is 18.2 Å². The Balaban J connectivity index is 2.24. The molecule has 2 aliphatic rings. The summed E-state index contributed by atoms with van der Waals surface area (Å²) in [5.74, 6) is -0.320. The zero-order valence-corrected chi connectivity index (χ0v) is 13.8. The maximum Gasteiger partial charge on any atom is 0.156 e. The van der Waals surface area contributed by atoms with Crippen molar-refractivity contribution in [3.05, 3.63) is 34.6 Å².